The second kappa shape index (κ2) is 5.85. The maximum atomic E-state index is 12.0. The van der Waals surface area contributed by atoms with Gasteiger partial charge in [0.15, 0.2) is 0 Å². The highest BCUT2D eigenvalue weighted by Crippen LogP contribution is 2.17. The highest BCUT2D eigenvalue weighted by atomic mass is 32.2. The van der Waals surface area contributed by atoms with Gasteiger partial charge in [0.25, 0.3) is 0 Å². The standard InChI is InChI=1S/C12H17N3O2S2/c13-12(18)9-10-3-5-11(6-4-10)14-19(16,17)15-7-1-2-8-15/h3-6,14H,1-2,7-9H2,(H2,13,18). The van der Waals surface area contributed by atoms with Crippen molar-refractivity contribution < 1.29 is 8.42 Å². The van der Waals surface area contributed by atoms with Crippen molar-refractivity contribution in [3.05, 3.63) is 29.8 Å². The van der Waals surface area contributed by atoms with E-state index in [0.717, 1.165) is 18.4 Å². The molecule has 19 heavy (non-hydrogen) atoms. The van der Waals surface area contributed by atoms with Crippen molar-refractivity contribution in [2.24, 2.45) is 5.73 Å². The number of nitrogens with two attached hydrogens (primary N) is 1. The lowest BCUT2D eigenvalue weighted by Crippen LogP contribution is -2.33. The summed E-state index contributed by atoms with van der Waals surface area (Å²) in [4.78, 5) is 0.422. The molecule has 1 saturated heterocycles. The van der Waals surface area contributed by atoms with Crippen LogP contribution in [0.3, 0.4) is 0 Å². The fraction of sp³-hybridized carbons (Fsp3) is 0.417. The zero-order valence-electron chi connectivity index (χ0n) is 10.5. The summed E-state index contributed by atoms with van der Waals surface area (Å²) in [5.74, 6) is 0. The lowest BCUT2D eigenvalue weighted by Gasteiger charge is -2.16. The summed E-state index contributed by atoms with van der Waals surface area (Å²) in [6.45, 7) is 1.18. The fourth-order valence-electron chi connectivity index (χ4n) is 2.03. The normalized spacial score (nSPS) is 16.4. The van der Waals surface area contributed by atoms with E-state index in [2.05, 4.69) is 4.72 Å². The van der Waals surface area contributed by atoms with Crippen LogP contribution < -0.4 is 10.5 Å². The predicted octanol–water partition coefficient (Wildman–Crippen LogP) is 1.27. The van der Waals surface area contributed by atoms with Gasteiger partial charge in [0.2, 0.25) is 0 Å². The zero-order valence-corrected chi connectivity index (χ0v) is 12.1. The maximum absolute atomic E-state index is 12.0. The molecule has 3 N–H and O–H groups in total. The molecule has 0 aromatic heterocycles. The predicted molar refractivity (Wildman–Crippen MR) is 80.3 cm³/mol. The van der Waals surface area contributed by atoms with E-state index in [1.165, 1.54) is 4.31 Å². The van der Waals surface area contributed by atoms with Gasteiger partial charge in [-0.3, -0.25) is 4.72 Å². The van der Waals surface area contributed by atoms with Gasteiger partial charge in [-0.05, 0) is 30.5 Å². The molecule has 0 atom stereocenters. The van der Waals surface area contributed by atoms with Crippen molar-refractivity contribution >= 4 is 33.1 Å². The average Bonchev–Trinajstić information content (AvgIpc) is 2.85. The fourth-order valence-corrected chi connectivity index (χ4v) is 3.50. The van der Waals surface area contributed by atoms with Gasteiger partial charge in [-0.25, -0.2) is 0 Å². The highest BCUT2D eigenvalue weighted by molar-refractivity contribution is 7.90. The first-order chi connectivity index (χ1) is 8.97. The first-order valence-corrected chi connectivity index (χ1v) is 7.97. The van der Waals surface area contributed by atoms with Crippen LogP contribution in [0.1, 0.15) is 18.4 Å². The Hall–Kier alpha value is -1.18. The summed E-state index contributed by atoms with van der Waals surface area (Å²) in [5.41, 5.74) is 6.98. The highest BCUT2D eigenvalue weighted by Gasteiger charge is 2.24. The molecule has 1 aliphatic rings. The molecule has 1 heterocycles. The van der Waals surface area contributed by atoms with Gasteiger partial charge in [-0.2, -0.15) is 12.7 Å². The Morgan fingerprint density at radius 1 is 1.26 bits per heavy atom. The third kappa shape index (κ3) is 3.89. The van der Waals surface area contributed by atoms with Crippen LogP contribution >= 0.6 is 12.2 Å². The summed E-state index contributed by atoms with van der Waals surface area (Å²) in [6.07, 6.45) is 2.37. The van der Waals surface area contributed by atoms with E-state index in [4.69, 9.17) is 18.0 Å². The SMILES string of the molecule is NC(=S)Cc1ccc(NS(=O)(=O)N2CCCC2)cc1. The largest absolute Gasteiger partial charge is 0.393 e. The van der Waals surface area contributed by atoms with Crippen molar-refractivity contribution in [2.45, 2.75) is 19.3 Å². The summed E-state index contributed by atoms with van der Waals surface area (Å²) >= 11 is 4.83. The van der Waals surface area contributed by atoms with Crippen LogP contribution in [-0.4, -0.2) is 30.8 Å². The molecule has 0 bridgehead atoms. The summed E-state index contributed by atoms with van der Waals surface area (Å²) in [7, 11) is -3.42. The van der Waals surface area contributed by atoms with Crippen LogP contribution in [0.5, 0.6) is 0 Å². The Morgan fingerprint density at radius 3 is 2.37 bits per heavy atom. The van der Waals surface area contributed by atoms with E-state index in [-0.39, 0.29) is 0 Å². The second-order valence-corrected chi connectivity index (χ2v) is 6.75. The number of nitrogens with zero attached hydrogens (tertiary/aromatic N) is 1. The topological polar surface area (TPSA) is 75.4 Å². The summed E-state index contributed by atoms with van der Waals surface area (Å²) in [5, 5.41) is 0. The number of rotatable bonds is 5. The number of nitrogens with one attached hydrogen (secondary N) is 1. The van der Waals surface area contributed by atoms with Gasteiger partial charge in [0, 0.05) is 25.2 Å². The molecule has 1 fully saturated rings. The molecule has 0 saturated carbocycles. The van der Waals surface area contributed by atoms with E-state index < -0.39 is 10.2 Å². The third-order valence-electron chi connectivity index (χ3n) is 2.98. The lowest BCUT2D eigenvalue weighted by atomic mass is 10.1. The number of hydrogen-bond donors (Lipinski definition) is 2. The first-order valence-electron chi connectivity index (χ1n) is 6.12. The number of thiocarbonyl (C=S) groups is 1. The van der Waals surface area contributed by atoms with E-state index in [9.17, 15) is 8.42 Å². The van der Waals surface area contributed by atoms with Gasteiger partial charge in [0.05, 0.1) is 4.99 Å². The number of hydrogen-bond acceptors (Lipinski definition) is 3. The molecule has 0 radical (unpaired) electrons. The van der Waals surface area contributed by atoms with Crippen LogP contribution in [0.15, 0.2) is 24.3 Å². The first kappa shape index (κ1) is 14.2. The van der Waals surface area contributed by atoms with E-state index >= 15 is 0 Å². The van der Waals surface area contributed by atoms with Crippen LogP contribution in [0.4, 0.5) is 5.69 Å². The van der Waals surface area contributed by atoms with Gasteiger partial charge < -0.3 is 5.73 Å². The van der Waals surface area contributed by atoms with Crippen LogP contribution in [0.25, 0.3) is 0 Å². The van der Waals surface area contributed by atoms with Crippen LogP contribution in [0, 0.1) is 0 Å². The van der Waals surface area contributed by atoms with Gasteiger partial charge in [-0.1, -0.05) is 24.4 Å². The molecule has 0 spiro atoms. The molecule has 7 heteroatoms. The molecule has 104 valence electrons. The number of benzene rings is 1. The molecule has 0 aliphatic carbocycles. The van der Waals surface area contributed by atoms with Crippen LogP contribution in [0.2, 0.25) is 0 Å². The molecular weight excluding hydrogens is 282 g/mol. The van der Waals surface area contributed by atoms with Crippen molar-refractivity contribution in [1.29, 1.82) is 0 Å². The van der Waals surface area contributed by atoms with E-state index in [1.807, 2.05) is 12.1 Å². The Kier molecular flexibility index (Phi) is 4.38. The van der Waals surface area contributed by atoms with E-state index in [0.29, 0.717) is 30.2 Å². The van der Waals surface area contributed by atoms with E-state index in [1.54, 1.807) is 12.1 Å². The zero-order chi connectivity index (χ0) is 13.9. The molecule has 1 aromatic rings. The molecule has 0 amide bonds. The van der Waals surface area contributed by atoms with Gasteiger partial charge in [-0.15, -0.1) is 0 Å². The minimum Gasteiger partial charge on any atom is -0.393 e. The maximum Gasteiger partial charge on any atom is 0.301 e. The van der Waals surface area contributed by atoms with Crippen molar-refractivity contribution in [2.75, 3.05) is 17.8 Å². The minimum atomic E-state index is -3.42. The summed E-state index contributed by atoms with van der Waals surface area (Å²) < 4.78 is 28.1. The second-order valence-electron chi connectivity index (χ2n) is 4.55. The Morgan fingerprint density at radius 2 is 1.84 bits per heavy atom. The molecule has 0 unspecified atom stereocenters. The van der Waals surface area contributed by atoms with Gasteiger partial charge >= 0.3 is 10.2 Å². The van der Waals surface area contributed by atoms with Crippen molar-refractivity contribution in [3.8, 4) is 0 Å². The molecular formula is C12H17N3O2S2. The van der Waals surface area contributed by atoms with Crippen LogP contribution in [-0.2, 0) is 16.6 Å². The quantitative estimate of drug-likeness (QED) is 0.803. The average molecular weight is 299 g/mol. The molecule has 5 nitrogen and oxygen atoms in total. The summed E-state index contributed by atoms with van der Waals surface area (Å²) in [6, 6.07) is 7.09. The Labute approximate surface area is 119 Å². The monoisotopic (exact) mass is 299 g/mol. The lowest BCUT2D eigenvalue weighted by molar-refractivity contribution is 0.482. The van der Waals surface area contributed by atoms with Gasteiger partial charge in [0.1, 0.15) is 0 Å². The van der Waals surface area contributed by atoms with Crippen molar-refractivity contribution in [1.82, 2.24) is 4.31 Å². The van der Waals surface area contributed by atoms with Crippen molar-refractivity contribution in [3.63, 3.8) is 0 Å². The Balaban J connectivity index is 2.04. The Bertz CT molecular complexity index is 549. The minimum absolute atomic E-state index is 0.422. The third-order valence-corrected chi connectivity index (χ3v) is 4.67. The molecule has 2 rings (SSSR count). The number of anilines is 1. The molecule has 1 aromatic carbocycles. The smallest absolute Gasteiger partial charge is 0.301 e. The molecule has 1 aliphatic heterocycles.